The summed E-state index contributed by atoms with van der Waals surface area (Å²) >= 11 is 0. The van der Waals surface area contributed by atoms with Crippen molar-refractivity contribution in [2.24, 2.45) is 16.7 Å². The molecule has 8 heteroatoms. The number of hydroxylamine groups is 1. The lowest BCUT2D eigenvalue weighted by molar-refractivity contribution is -0.128. The average Bonchev–Trinajstić information content (AvgIpc) is 2.61. The van der Waals surface area contributed by atoms with E-state index < -0.39 is 21.3 Å². The third kappa shape index (κ3) is 2.80. The van der Waals surface area contributed by atoms with Crippen LogP contribution in [0.5, 0.6) is 0 Å². The predicted molar refractivity (Wildman–Crippen MR) is 66.0 cm³/mol. The van der Waals surface area contributed by atoms with Gasteiger partial charge in [0.1, 0.15) is 5.78 Å². The van der Waals surface area contributed by atoms with Crippen LogP contribution in [-0.4, -0.2) is 36.1 Å². The third-order valence-electron chi connectivity index (χ3n) is 4.62. The molecular weight excluding hydrogens is 274 g/mol. The highest BCUT2D eigenvalue weighted by Crippen LogP contribution is 2.64. The first-order valence-corrected chi connectivity index (χ1v) is 7.53. The Morgan fingerprint density at radius 3 is 2.26 bits per heavy atom. The lowest BCUT2D eigenvalue weighted by Crippen LogP contribution is -2.42. The number of hydrogen-bond donors (Lipinski definition) is 3. The maximum absolute atomic E-state index is 11.9. The Balaban J connectivity index is 0.000000399. The van der Waals surface area contributed by atoms with Crippen LogP contribution in [0.4, 0.5) is 0 Å². The van der Waals surface area contributed by atoms with Gasteiger partial charge in [0.25, 0.3) is 10.1 Å². The molecule has 0 aromatic rings. The molecule has 2 unspecified atom stereocenters. The van der Waals surface area contributed by atoms with Gasteiger partial charge in [-0.15, -0.1) is 0 Å². The van der Waals surface area contributed by atoms with Crippen molar-refractivity contribution in [1.29, 1.82) is 0 Å². The van der Waals surface area contributed by atoms with E-state index in [1.807, 2.05) is 13.8 Å². The van der Waals surface area contributed by atoms with Crippen molar-refractivity contribution < 1.29 is 27.8 Å². The molecule has 1 amide bonds. The van der Waals surface area contributed by atoms with E-state index in [-0.39, 0.29) is 23.5 Å². The fraction of sp³-hybridized carbons (Fsp3) is 0.818. The second-order valence-electron chi connectivity index (χ2n) is 5.64. The lowest BCUT2D eigenvalue weighted by Gasteiger charge is -2.35. The second-order valence-corrected chi connectivity index (χ2v) is 7.09. The molecule has 2 bridgehead atoms. The second kappa shape index (κ2) is 5.18. The minimum Gasteiger partial charge on any atom is -0.299 e. The largest absolute Gasteiger partial charge is 0.299 e. The summed E-state index contributed by atoms with van der Waals surface area (Å²) in [5.74, 6) is -0.101. The molecular formula is C11H19NO6S. The zero-order valence-corrected chi connectivity index (χ0v) is 11.7. The first-order chi connectivity index (χ1) is 8.60. The van der Waals surface area contributed by atoms with E-state index in [1.54, 1.807) is 0 Å². The van der Waals surface area contributed by atoms with Gasteiger partial charge < -0.3 is 0 Å². The molecule has 0 aliphatic heterocycles. The topological polar surface area (TPSA) is 121 Å². The molecule has 0 aromatic heterocycles. The van der Waals surface area contributed by atoms with Crippen LogP contribution in [0.15, 0.2) is 0 Å². The first-order valence-electron chi connectivity index (χ1n) is 5.92. The van der Waals surface area contributed by atoms with E-state index in [1.165, 1.54) is 5.48 Å². The fourth-order valence-electron chi connectivity index (χ4n) is 3.42. The van der Waals surface area contributed by atoms with Gasteiger partial charge in [0.2, 0.25) is 6.41 Å². The molecule has 2 aliphatic rings. The van der Waals surface area contributed by atoms with E-state index in [2.05, 4.69) is 0 Å². The molecule has 3 N–H and O–H groups in total. The van der Waals surface area contributed by atoms with Crippen LogP contribution in [0.25, 0.3) is 0 Å². The maximum Gasteiger partial charge on any atom is 0.265 e. The Hall–Kier alpha value is -0.990. The van der Waals surface area contributed by atoms with Crippen molar-refractivity contribution in [3.63, 3.8) is 0 Å². The number of nitrogens with one attached hydrogen (secondary N) is 1. The van der Waals surface area contributed by atoms with E-state index in [9.17, 15) is 13.2 Å². The van der Waals surface area contributed by atoms with Gasteiger partial charge >= 0.3 is 0 Å². The van der Waals surface area contributed by atoms with Gasteiger partial charge in [-0.05, 0) is 24.2 Å². The Kier molecular flexibility index (Phi) is 4.38. The average molecular weight is 293 g/mol. The van der Waals surface area contributed by atoms with E-state index in [0.717, 1.165) is 6.42 Å². The number of carbonyl (C=O) groups excluding carboxylic acids is 2. The van der Waals surface area contributed by atoms with Crippen LogP contribution in [0.2, 0.25) is 0 Å². The van der Waals surface area contributed by atoms with Crippen molar-refractivity contribution in [2.75, 3.05) is 5.75 Å². The number of fused-ring (bicyclic) bond motifs is 2. The summed E-state index contributed by atoms with van der Waals surface area (Å²) in [5.41, 5.74) is 0.130. The number of hydrogen-bond acceptors (Lipinski definition) is 5. The number of ketones is 1. The quantitative estimate of drug-likeness (QED) is 0.299. The molecule has 110 valence electrons. The van der Waals surface area contributed by atoms with Crippen LogP contribution in [0.3, 0.4) is 0 Å². The lowest BCUT2D eigenvalue weighted by atomic mass is 9.70. The van der Waals surface area contributed by atoms with Crippen LogP contribution in [-0.2, 0) is 19.7 Å². The zero-order valence-electron chi connectivity index (χ0n) is 10.9. The Bertz CT molecular complexity index is 472. The molecule has 0 saturated heterocycles. The molecule has 2 aliphatic carbocycles. The zero-order chi connectivity index (χ0) is 14.9. The molecule has 2 rings (SSSR count). The predicted octanol–water partition coefficient (Wildman–Crippen LogP) is 0.391. The summed E-state index contributed by atoms with van der Waals surface area (Å²) in [7, 11) is -4.08. The third-order valence-corrected chi connectivity index (χ3v) is 5.48. The molecule has 7 nitrogen and oxygen atoms in total. The minimum atomic E-state index is -4.08. The highest BCUT2D eigenvalue weighted by atomic mass is 32.2. The molecule has 0 radical (unpaired) electrons. The van der Waals surface area contributed by atoms with Crippen molar-refractivity contribution in [3.05, 3.63) is 0 Å². The Labute approximate surface area is 112 Å². The van der Waals surface area contributed by atoms with Crippen molar-refractivity contribution in [1.82, 2.24) is 5.48 Å². The molecule has 0 heterocycles. The summed E-state index contributed by atoms with van der Waals surface area (Å²) in [4.78, 5) is 20.7. The Morgan fingerprint density at radius 2 is 2.00 bits per heavy atom. The fourth-order valence-corrected chi connectivity index (χ4v) is 4.72. The molecule has 0 aromatic carbocycles. The van der Waals surface area contributed by atoms with Crippen LogP contribution in [0.1, 0.15) is 33.1 Å². The maximum atomic E-state index is 11.9. The van der Waals surface area contributed by atoms with Gasteiger partial charge in [-0.3, -0.25) is 19.3 Å². The van der Waals surface area contributed by atoms with Gasteiger partial charge in [-0.1, -0.05) is 13.8 Å². The molecule has 0 spiro atoms. The standard InChI is InChI=1S/C10H16O4S.CH3NO2/c1-9(2)7-3-4-10(9,8(11)5-7)6-15(12,13)14;3-1-2-4/h7H,3-6H2,1-2H3,(H,12,13,14);1,4H,(H,2,3). The van der Waals surface area contributed by atoms with E-state index in [0.29, 0.717) is 12.8 Å². The smallest absolute Gasteiger partial charge is 0.265 e. The number of amides is 1. The first kappa shape index (κ1) is 16.1. The van der Waals surface area contributed by atoms with Gasteiger partial charge in [0, 0.05) is 6.42 Å². The number of carbonyl (C=O) groups is 2. The summed E-state index contributed by atoms with van der Waals surface area (Å²) < 4.78 is 31.0. The van der Waals surface area contributed by atoms with Crippen LogP contribution in [0, 0.1) is 16.7 Å². The van der Waals surface area contributed by atoms with Crippen LogP contribution >= 0.6 is 0 Å². The van der Waals surface area contributed by atoms with Crippen molar-refractivity contribution in [2.45, 2.75) is 33.1 Å². The minimum absolute atomic E-state index is 0.0152. The van der Waals surface area contributed by atoms with Crippen molar-refractivity contribution in [3.8, 4) is 0 Å². The summed E-state index contributed by atoms with van der Waals surface area (Å²) in [6.07, 6.45) is 2.15. The molecule has 19 heavy (non-hydrogen) atoms. The monoisotopic (exact) mass is 293 g/mol. The Morgan fingerprint density at radius 1 is 1.47 bits per heavy atom. The van der Waals surface area contributed by atoms with Crippen molar-refractivity contribution >= 4 is 22.3 Å². The highest BCUT2D eigenvalue weighted by molar-refractivity contribution is 7.85. The summed E-state index contributed by atoms with van der Waals surface area (Å²) in [6, 6.07) is 0. The highest BCUT2D eigenvalue weighted by Gasteiger charge is 2.65. The van der Waals surface area contributed by atoms with Gasteiger partial charge in [0.05, 0.1) is 11.2 Å². The van der Waals surface area contributed by atoms with E-state index >= 15 is 0 Å². The molecule has 2 fully saturated rings. The summed E-state index contributed by atoms with van der Waals surface area (Å²) in [5, 5.41) is 7.26. The van der Waals surface area contributed by atoms with Gasteiger partial charge in [-0.25, -0.2) is 5.48 Å². The van der Waals surface area contributed by atoms with Gasteiger partial charge in [-0.2, -0.15) is 8.42 Å². The normalized spacial score (nSPS) is 31.6. The van der Waals surface area contributed by atoms with E-state index in [4.69, 9.17) is 14.6 Å². The molecule has 2 saturated carbocycles. The van der Waals surface area contributed by atoms with Gasteiger partial charge in [0.15, 0.2) is 0 Å². The summed E-state index contributed by atoms with van der Waals surface area (Å²) in [6.45, 7) is 3.89. The number of Topliss-reactive ketones (excluding diaryl/α,β-unsaturated/α-hetero) is 1. The van der Waals surface area contributed by atoms with Crippen LogP contribution < -0.4 is 5.48 Å². The number of rotatable bonds is 3. The molecule has 2 atom stereocenters. The SMILES string of the molecule is CC1(C)C2CCC1(CS(=O)(=O)O)C(=O)C2.O=CNO.